The number of nitrogens with zero attached hydrogens (tertiary/aromatic N) is 3. The van der Waals surface area contributed by atoms with Crippen LogP contribution < -0.4 is 11.1 Å². The first-order chi connectivity index (χ1) is 10.5. The molecular formula is C14H16BrN5OS. The van der Waals surface area contributed by atoms with Gasteiger partial charge in [-0.2, -0.15) is 0 Å². The zero-order chi connectivity index (χ0) is 16.1. The minimum Gasteiger partial charge on any atom is -0.368 e. The first-order valence-corrected chi connectivity index (χ1v) is 8.27. The van der Waals surface area contributed by atoms with Gasteiger partial charge < -0.3 is 11.1 Å². The number of rotatable bonds is 6. The predicted molar refractivity (Wildman–Crippen MR) is 92.9 cm³/mol. The summed E-state index contributed by atoms with van der Waals surface area (Å²) in [7, 11) is 0. The van der Waals surface area contributed by atoms with Gasteiger partial charge in [0.1, 0.15) is 0 Å². The number of allylic oxidation sites excluding steroid dienone is 1. The van der Waals surface area contributed by atoms with Gasteiger partial charge in [0.15, 0.2) is 5.16 Å². The van der Waals surface area contributed by atoms with E-state index in [4.69, 9.17) is 5.73 Å². The molecule has 0 aliphatic carbocycles. The minimum absolute atomic E-state index is 0.109. The van der Waals surface area contributed by atoms with Crippen molar-refractivity contribution in [3.8, 4) is 0 Å². The zero-order valence-corrected chi connectivity index (χ0v) is 14.4. The Balaban J connectivity index is 1.97. The molecule has 0 fully saturated rings. The highest BCUT2D eigenvalue weighted by atomic mass is 79.9. The molecule has 2 aromatic rings. The molecule has 0 unspecified atom stereocenters. The second-order valence-electron chi connectivity index (χ2n) is 4.54. The van der Waals surface area contributed by atoms with Crippen LogP contribution in [0.1, 0.15) is 5.56 Å². The summed E-state index contributed by atoms with van der Waals surface area (Å²) in [6.45, 7) is 6.11. The van der Waals surface area contributed by atoms with Crippen molar-refractivity contribution < 1.29 is 4.79 Å². The Hall–Kier alpha value is -1.80. The Labute approximate surface area is 141 Å². The number of nitrogen functional groups attached to an aromatic ring is 1. The molecule has 6 nitrogen and oxygen atoms in total. The van der Waals surface area contributed by atoms with Crippen molar-refractivity contribution in [3.05, 3.63) is 40.9 Å². The van der Waals surface area contributed by atoms with Crippen molar-refractivity contribution in [2.24, 2.45) is 0 Å². The molecule has 1 aromatic carbocycles. The molecule has 0 radical (unpaired) electrons. The summed E-state index contributed by atoms with van der Waals surface area (Å²) in [4.78, 5) is 12.0. The van der Waals surface area contributed by atoms with Crippen molar-refractivity contribution in [3.63, 3.8) is 0 Å². The van der Waals surface area contributed by atoms with Crippen molar-refractivity contribution in [1.82, 2.24) is 14.8 Å². The molecule has 1 amide bonds. The molecule has 0 saturated carbocycles. The van der Waals surface area contributed by atoms with Crippen LogP contribution >= 0.6 is 27.7 Å². The van der Waals surface area contributed by atoms with Gasteiger partial charge in [0.2, 0.25) is 11.9 Å². The van der Waals surface area contributed by atoms with E-state index >= 15 is 0 Å². The summed E-state index contributed by atoms with van der Waals surface area (Å²) in [6.07, 6.45) is 1.70. The molecule has 22 heavy (non-hydrogen) atoms. The average Bonchev–Trinajstić information content (AvgIpc) is 2.81. The number of nitrogens with two attached hydrogens (primary N) is 1. The van der Waals surface area contributed by atoms with Crippen LogP contribution in [-0.2, 0) is 11.3 Å². The number of amides is 1. The molecule has 3 N–H and O–H groups in total. The fraction of sp³-hybridized carbons (Fsp3) is 0.214. The lowest BCUT2D eigenvalue weighted by atomic mass is 10.2. The number of hydrogen-bond donors (Lipinski definition) is 2. The molecule has 0 aliphatic rings. The van der Waals surface area contributed by atoms with E-state index in [-0.39, 0.29) is 11.7 Å². The SMILES string of the molecule is C=CCn1c(N)nnc1SCC(=O)Nc1ccc(Br)cc1C. The van der Waals surface area contributed by atoms with E-state index in [0.29, 0.717) is 17.6 Å². The van der Waals surface area contributed by atoms with E-state index in [0.717, 1.165) is 15.7 Å². The third-order valence-corrected chi connectivity index (χ3v) is 4.31. The standard InChI is InChI=1S/C14H16BrN5OS/c1-3-6-20-13(16)18-19-14(20)22-8-12(21)17-11-5-4-10(15)7-9(11)2/h3-5,7H,1,6,8H2,2H3,(H2,16,18)(H,17,21). The van der Waals surface area contributed by atoms with Gasteiger partial charge in [0.05, 0.1) is 5.75 Å². The van der Waals surface area contributed by atoms with Crippen LogP contribution in [-0.4, -0.2) is 26.4 Å². The molecule has 116 valence electrons. The summed E-state index contributed by atoms with van der Waals surface area (Å²) >= 11 is 4.68. The number of nitrogens with one attached hydrogen (secondary N) is 1. The number of carbonyl (C=O) groups is 1. The van der Waals surface area contributed by atoms with Gasteiger partial charge in [-0.3, -0.25) is 9.36 Å². The molecule has 8 heteroatoms. The molecule has 0 atom stereocenters. The maximum atomic E-state index is 12.0. The fourth-order valence-corrected chi connectivity index (χ4v) is 3.02. The fourth-order valence-electron chi connectivity index (χ4n) is 1.79. The van der Waals surface area contributed by atoms with Crippen LogP contribution in [0.2, 0.25) is 0 Å². The van der Waals surface area contributed by atoms with Gasteiger partial charge in [0.25, 0.3) is 0 Å². The molecule has 1 aromatic heterocycles. The van der Waals surface area contributed by atoms with E-state index in [1.807, 2.05) is 25.1 Å². The van der Waals surface area contributed by atoms with Gasteiger partial charge in [-0.05, 0) is 30.7 Å². The highest BCUT2D eigenvalue weighted by molar-refractivity contribution is 9.10. The lowest BCUT2D eigenvalue weighted by Crippen LogP contribution is -2.15. The van der Waals surface area contributed by atoms with Gasteiger partial charge in [0, 0.05) is 16.7 Å². The summed E-state index contributed by atoms with van der Waals surface area (Å²) < 4.78 is 2.68. The number of aromatic nitrogens is 3. The highest BCUT2D eigenvalue weighted by Gasteiger charge is 2.12. The van der Waals surface area contributed by atoms with Crippen molar-refractivity contribution in [2.45, 2.75) is 18.6 Å². The van der Waals surface area contributed by atoms with Gasteiger partial charge in [-0.15, -0.1) is 16.8 Å². The maximum absolute atomic E-state index is 12.0. The lowest BCUT2D eigenvalue weighted by molar-refractivity contribution is -0.113. The topological polar surface area (TPSA) is 85.8 Å². The summed E-state index contributed by atoms with van der Waals surface area (Å²) in [6, 6.07) is 5.70. The second kappa shape index (κ2) is 7.46. The van der Waals surface area contributed by atoms with E-state index in [2.05, 4.69) is 38.0 Å². The molecular weight excluding hydrogens is 366 g/mol. The quantitative estimate of drug-likeness (QED) is 0.593. The Bertz CT molecular complexity index is 701. The Morgan fingerprint density at radius 3 is 3.00 bits per heavy atom. The zero-order valence-electron chi connectivity index (χ0n) is 12.0. The van der Waals surface area contributed by atoms with Gasteiger partial charge >= 0.3 is 0 Å². The second-order valence-corrected chi connectivity index (χ2v) is 6.39. The van der Waals surface area contributed by atoms with Crippen LogP contribution in [0.4, 0.5) is 11.6 Å². The van der Waals surface area contributed by atoms with Crippen LogP contribution in [0.5, 0.6) is 0 Å². The average molecular weight is 382 g/mol. The van der Waals surface area contributed by atoms with Crippen LogP contribution in [0.15, 0.2) is 40.5 Å². The molecule has 1 heterocycles. The van der Waals surface area contributed by atoms with Crippen molar-refractivity contribution in [2.75, 3.05) is 16.8 Å². The smallest absolute Gasteiger partial charge is 0.234 e. The molecule has 0 aliphatic heterocycles. The first kappa shape index (κ1) is 16.6. The van der Waals surface area contributed by atoms with Crippen LogP contribution in [0.25, 0.3) is 0 Å². The monoisotopic (exact) mass is 381 g/mol. The molecule has 0 saturated heterocycles. The largest absolute Gasteiger partial charge is 0.368 e. The van der Waals surface area contributed by atoms with Gasteiger partial charge in [-0.1, -0.05) is 33.8 Å². The van der Waals surface area contributed by atoms with Crippen molar-refractivity contribution >= 4 is 45.2 Å². The van der Waals surface area contributed by atoms with Crippen LogP contribution in [0.3, 0.4) is 0 Å². The third-order valence-electron chi connectivity index (χ3n) is 2.85. The molecule has 0 bridgehead atoms. The predicted octanol–water partition coefficient (Wildman–Crippen LogP) is 2.85. The van der Waals surface area contributed by atoms with E-state index in [1.165, 1.54) is 11.8 Å². The van der Waals surface area contributed by atoms with E-state index in [1.54, 1.807) is 10.6 Å². The summed E-state index contributed by atoms with van der Waals surface area (Å²) in [5.74, 6) is 0.429. The third kappa shape index (κ3) is 4.11. The number of thioether (sulfide) groups is 1. The number of halogens is 1. The van der Waals surface area contributed by atoms with E-state index < -0.39 is 0 Å². The summed E-state index contributed by atoms with van der Waals surface area (Å²) in [5, 5.41) is 11.2. The normalized spacial score (nSPS) is 10.5. The Morgan fingerprint density at radius 2 is 2.32 bits per heavy atom. The van der Waals surface area contributed by atoms with Crippen LogP contribution in [0, 0.1) is 6.92 Å². The van der Waals surface area contributed by atoms with Gasteiger partial charge in [-0.25, -0.2) is 0 Å². The number of carbonyl (C=O) groups excluding carboxylic acids is 1. The minimum atomic E-state index is -0.109. The lowest BCUT2D eigenvalue weighted by Gasteiger charge is -2.09. The highest BCUT2D eigenvalue weighted by Crippen LogP contribution is 2.22. The Kier molecular flexibility index (Phi) is 5.62. The number of benzene rings is 1. The Morgan fingerprint density at radius 1 is 1.55 bits per heavy atom. The summed E-state index contributed by atoms with van der Waals surface area (Å²) in [5.41, 5.74) is 7.50. The molecule has 2 rings (SSSR count). The first-order valence-electron chi connectivity index (χ1n) is 6.49. The maximum Gasteiger partial charge on any atom is 0.234 e. The van der Waals surface area contributed by atoms with E-state index in [9.17, 15) is 4.79 Å². The molecule has 0 spiro atoms. The number of anilines is 2. The van der Waals surface area contributed by atoms with Crippen molar-refractivity contribution in [1.29, 1.82) is 0 Å². The number of hydrogen-bond acceptors (Lipinski definition) is 5. The number of aryl methyl sites for hydroxylation is 1.